The van der Waals surface area contributed by atoms with Crippen LogP contribution in [0.4, 0.5) is 11.6 Å². The van der Waals surface area contributed by atoms with Gasteiger partial charge in [-0.1, -0.05) is 24.4 Å². The summed E-state index contributed by atoms with van der Waals surface area (Å²) in [4.78, 5) is 25.5. The molecule has 1 aliphatic heterocycles. The highest BCUT2D eigenvalue weighted by molar-refractivity contribution is 7.92. The predicted molar refractivity (Wildman–Crippen MR) is 159 cm³/mol. The molecule has 3 fully saturated rings. The van der Waals surface area contributed by atoms with E-state index >= 15 is 0 Å². The number of rotatable bonds is 5. The Labute approximate surface area is 238 Å². The number of aromatic nitrogens is 3. The van der Waals surface area contributed by atoms with Gasteiger partial charge >= 0.3 is 0 Å². The SMILES string of the molecule is Cc1cc([S+]([O-])C2CCC3(CC2)CCN(C)CC3)ccc1Nc1ncc2cc(Cl)c(=O)n(C3CCCC3)c2n1. The van der Waals surface area contributed by atoms with Gasteiger partial charge in [-0.25, -0.2) is 4.98 Å². The van der Waals surface area contributed by atoms with Crippen molar-refractivity contribution in [1.29, 1.82) is 0 Å². The lowest BCUT2D eigenvalue weighted by Crippen LogP contribution is -2.42. The van der Waals surface area contributed by atoms with Crippen molar-refractivity contribution >= 4 is 45.4 Å². The van der Waals surface area contributed by atoms with Crippen molar-refractivity contribution in [2.75, 3.05) is 25.5 Å². The first-order valence-electron chi connectivity index (χ1n) is 14.4. The summed E-state index contributed by atoms with van der Waals surface area (Å²) in [6.07, 6.45) is 12.9. The summed E-state index contributed by atoms with van der Waals surface area (Å²) in [5, 5.41) is 4.53. The smallest absolute Gasteiger partial charge is 0.271 e. The van der Waals surface area contributed by atoms with Crippen molar-refractivity contribution in [2.45, 2.75) is 87.3 Å². The maximum Gasteiger partial charge on any atom is 0.271 e. The molecular weight excluding hydrogens is 530 g/mol. The van der Waals surface area contributed by atoms with Crippen molar-refractivity contribution in [3.63, 3.8) is 0 Å². The lowest BCUT2D eigenvalue weighted by molar-refractivity contribution is 0.0816. The van der Waals surface area contributed by atoms with Crippen molar-refractivity contribution in [3.05, 3.63) is 51.4 Å². The van der Waals surface area contributed by atoms with E-state index in [1.165, 1.54) is 38.8 Å². The van der Waals surface area contributed by atoms with E-state index in [1.54, 1.807) is 16.8 Å². The van der Waals surface area contributed by atoms with Crippen LogP contribution in [0.5, 0.6) is 0 Å². The normalized spacial score (nSPS) is 21.5. The van der Waals surface area contributed by atoms with E-state index in [2.05, 4.69) is 22.2 Å². The number of pyridine rings is 1. The first-order chi connectivity index (χ1) is 18.8. The van der Waals surface area contributed by atoms with Gasteiger partial charge in [0.05, 0.1) is 0 Å². The lowest BCUT2D eigenvalue weighted by atomic mass is 9.68. The van der Waals surface area contributed by atoms with Crippen LogP contribution in [0, 0.1) is 12.3 Å². The molecule has 1 saturated heterocycles. The van der Waals surface area contributed by atoms with Gasteiger partial charge in [-0.15, -0.1) is 0 Å². The zero-order valence-electron chi connectivity index (χ0n) is 22.9. The molecule has 2 aliphatic carbocycles. The number of anilines is 2. The molecule has 1 spiro atoms. The Morgan fingerprint density at radius 3 is 2.49 bits per heavy atom. The molecule has 6 rings (SSSR count). The Balaban J connectivity index is 1.18. The van der Waals surface area contributed by atoms with Crippen molar-refractivity contribution < 1.29 is 4.55 Å². The van der Waals surface area contributed by atoms with Gasteiger partial charge in [-0.3, -0.25) is 9.36 Å². The van der Waals surface area contributed by atoms with Crippen LogP contribution in [0.25, 0.3) is 11.0 Å². The third-order valence-corrected chi connectivity index (χ3v) is 11.5. The number of nitrogens with one attached hydrogen (secondary N) is 1. The number of fused-ring (bicyclic) bond motifs is 1. The van der Waals surface area contributed by atoms with Crippen LogP contribution in [0.3, 0.4) is 0 Å². The van der Waals surface area contributed by atoms with Crippen LogP contribution in [0.2, 0.25) is 5.02 Å². The van der Waals surface area contributed by atoms with Gasteiger partial charge in [-0.2, -0.15) is 4.98 Å². The van der Waals surface area contributed by atoms with Crippen LogP contribution >= 0.6 is 11.6 Å². The van der Waals surface area contributed by atoms with Gasteiger partial charge in [0.15, 0.2) is 4.90 Å². The highest BCUT2D eigenvalue weighted by atomic mass is 35.5. The monoisotopic (exact) mass is 567 g/mol. The van der Waals surface area contributed by atoms with Crippen molar-refractivity contribution in [1.82, 2.24) is 19.4 Å². The van der Waals surface area contributed by atoms with Crippen LogP contribution in [0.15, 0.2) is 40.2 Å². The van der Waals surface area contributed by atoms with Gasteiger partial charge in [0.1, 0.15) is 15.9 Å². The van der Waals surface area contributed by atoms with Gasteiger partial charge in [-0.05, 0) is 125 Å². The molecular formula is C30H38ClN5O2S. The summed E-state index contributed by atoms with van der Waals surface area (Å²) < 4.78 is 15.3. The Hall–Kier alpha value is -2.13. The molecule has 1 unspecified atom stereocenters. The third-order valence-electron chi connectivity index (χ3n) is 9.44. The molecule has 2 saturated carbocycles. The molecule has 39 heavy (non-hydrogen) atoms. The second-order valence-electron chi connectivity index (χ2n) is 12.0. The first kappa shape index (κ1) is 27.1. The number of piperidine rings is 1. The van der Waals surface area contributed by atoms with E-state index in [-0.39, 0.29) is 21.9 Å². The van der Waals surface area contributed by atoms with Crippen LogP contribution < -0.4 is 10.9 Å². The fourth-order valence-electron chi connectivity index (χ4n) is 6.87. The Morgan fingerprint density at radius 2 is 1.79 bits per heavy atom. The van der Waals surface area contributed by atoms with Gasteiger partial charge in [0.25, 0.3) is 5.56 Å². The quantitative estimate of drug-likeness (QED) is 0.360. The number of hydrogen-bond donors (Lipinski definition) is 1. The molecule has 3 aromatic rings. The van der Waals surface area contributed by atoms with E-state index in [4.69, 9.17) is 16.6 Å². The van der Waals surface area contributed by atoms with Crippen LogP contribution in [-0.2, 0) is 11.2 Å². The lowest BCUT2D eigenvalue weighted by Gasteiger charge is -2.45. The number of aryl methyl sites for hydroxylation is 1. The number of benzene rings is 1. The van der Waals surface area contributed by atoms with E-state index in [0.717, 1.165) is 60.1 Å². The van der Waals surface area contributed by atoms with Crippen LogP contribution in [0.1, 0.15) is 75.8 Å². The minimum absolute atomic E-state index is 0.117. The summed E-state index contributed by atoms with van der Waals surface area (Å²) in [6.45, 7) is 4.40. The molecule has 2 aromatic heterocycles. The second kappa shape index (κ2) is 11.0. The summed E-state index contributed by atoms with van der Waals surface area (Å²) >= 11 is 5.26. The topological polar surface area (TPSA) is 86.1 Å². The molecule has 0 bridgehead atoms. The molecule has 1 aromatic carbocycles. The zero-order valence-corrected chi connectivity index (χ0v) is 24.5. The molecule has 0 amide bonds. The third kappa shape index (κ3) is 5.45. The molecule has 208 valence electrons. The maximum absolute atomic E-state index is 13.5. The van der Waals surface area contributed by atoms with Crippen LogP contribution in [-0.4, -0.2) is 49.4 Å². The predicted octanol–water partition coefficient (Wildman–Crippen LogP) is 6.37. The van der Waals surface area contributed by atoms with Gasteiger partial charge < -0.3 is 14.8 Å². The Kier molecular flexibility index (Phi) is 7.66. The zero-order chi connectivity index (χ0) is 27.1. The van der Waals surface area contributed by atoms with E-state index in [0.29, 0.717) is 17.0 Å². The number of hydrogen-bond acceptors (Lipinski definition) is 6. The van der Waals surface area contributed by atoms with Crippen molar-refractivity contribution in [3.8, 4) is 0 Å². The molecule has 3 aliphatic rings. The summed E-state index contributed by atoms with van der Waals surface area (Å²) in [6, 6.07) is 7.76. The number of nitrogens with zero attached hydrogens (tertiary/aromatic N) is 4. The van der Waals surface area contributed by atoms with E-state index in [9.17, 15) is 9.35 Å². The minimum atomic E-state index is -1.01. The fraction of sp³-hybridized carbons (Fsp3) is 0.567. The molecule has 0 radical (unpaired) electrons. The van der Waals surface area contributed by atoms with Crippen molar-refractivity contribution in [2.24, 2.45) is 5.41 Å². The largest absolute Gasteiger partial charge is 0.611 e. The fourth-order valence-corrected chi connectivity index (χ4v) is 8.63. The summed E-state index contributed by atoms with van der Waals surface area (Å²) in [5.74, 6) is 0.434. The van der Waals surface area contributed by atoms with Gasteiger partial charge in [0, 0.05) is 23.3 Å². The van der Waals surface area contributed by atoms with E-state index < -0.39 is 11.2 Å². The summed E-state index contributed by atoms with van der Waals surface area (Å²) in [5.41, 5.74) is 2.77. The Bertz CT molecular complexity index is 1400. The minimum Gasteiger partial charge on any atom is -0.611 e. The first-order valence-corrected chi connectivity index (χ1v) is 16.0. The highest BCUT2D eigenvalue weighted by Crippen LogP contribution is 2.46. The molecule has 1 N–H and O–H groups in total. The molecule has 3 heterocycles. The Morgan fingerprint density at radius 1 is 1.08 bits per heavy atom. The second-order valence-corrected chi connectivity index (χ2v) is 14.1. The standard InChI is InChI=1S/C30H38ClN5O2S/c1-20-17-24(39(38)23-9-11-30(12-10-23)13-15-35(2)16-14-30)7-8-26(20)33-29-32-19-21-18-25(31)28(37)36(27(21)34-29)22-5-3-4-6-22/h7-8,17-19,22-23H,3-6,9-16H2,1-2H3,(H,32,33,34). The average molecular weight is 568 g/mol. The molecule has 1 atom stereocenters. The number of likely N-dealkylation sites (tertiary alicyclic amines) is 1. The molecule has 7 nitrogen and oxygen atoms in total. The van der Waals surface area contributed by atoms with Gasteiger partial charge in [0.2, 0.25) is 5.95 Å². The highest BCUT2D eigenvalue weighted by Gasteiger charge is 2.41. The van der Waals surface area contributed by atoms with E-state index in [1.807, 2.05) is 25.1 Å². The number of halogens is 1. The molecule has 9 heteroatoms. The average Bonchev–Trinajstić information content (AvgIpc) is 3.47. The maximum atomic E-state index is 13.5. The summed E-state index contributed by atoms with van der Waals surface area (Å²) in [7, 11) is 2.21.